The maximum atomic E-state index is 12.6. The normalized spacial score (nSPS) is 19.9. The van der Waals surface area contributed by atoms with E-state index in [-0.39, 0.29) is 5.97 Å². The Morgan fingerprint density at radius 1 is 1.48 bits per heavy atom. The van der Waals surface area contributed by atoms with Crippen molar-refractivity contribution < 1.29 is 9.53 Å². The molecule has 5 nitrogen and oxygen atoms in total. The van der Waals surface area contributed by atoms with Crippen molar-refractivity contribution in [2.75, 3.05) is 6.61 Å². The third kappa shape index (κ3) is 3.59. The van der Waals surface area contributed by atoms with Gasteiger partial charge in [-0.2, -0.15) is 0 Å². The lowest BCUT2D eigenvalue weighted by Gasteiger charge is -2.27. The number of carbonyl (C=O) groups is 1. The summed E-state index contributed by atoms with van der Waals surface area (Å²) in [5.74, 6) is -0.449. The molecule has 124 valence electrons. The Morgan fingerprint density at radius 3 is 2.74 bits per heavy atom. The van der Waals surface area contributed by atoms with Crippen LogP contribution in [0.3, 0.4) is 0 Å². The molecule has 0 saturated carbocycles. The maximum absolute atomic E-state index is 12.6. The van der Waals surface area contributed by atoms with Crippen LogP contribution in [0.1, 0.15) is 37.5 Å². The fraction of sp³-hybridized carbons (Fsp3) is 0.375. The predicted molar refractivity (Wildman–Crippen MR) is 94.5 cm³/mol. The highest BCUT2D eigenvalue weighted by Crippen LogP contribution is 2.42. The lowest BCUT2D eigenvalue weighted by Crippen LogP contribution is -2.30. The summed E-state index contributed by atoms with van der Waals surface area (Å²) in [6.07, 6.45) is 2.88. The van der Waals surface area contributed by atoms with E-state index in [2.05, 4.69) is 4.99 Å². The smallest absolute Gasteiger partial charge is 0.336 e. The van der Waals surface area contributed by atoms with Crippen molar-refractivity contribution in [1.29, 1.82) is 0 Å². The van der Waals surface area contributed by atoms with E-state index in [0.29, 0.717) is 40.0 Å². The Hall–Kier alpha value is -1.79. The zero-order valence-electron chi connectivity index (χ0n) is 13.1. The molecule has 0 spiro atoms. The molecule has 1 aliphatic heterocycles. The van der Waals surface area contributed by atoms with Crippen molar-refractivity contribution in [1.82, 2.24) is 0 Å². The van der Waals surface area contributed by atoms with Crippen LogP contribution in [-0.2, 0) is 9.53 Å². The molecule has 0 fully saturated rings. The van der Waals surface area contributed by atoms with Crippen molar-refractivity contribution >= 4 is 34.7 Å². The number of ether oxygens (including phenoxy) is 1. The van der Waals surface area contributed by atoms with E-state index in [0.717, 1.165) is 11.3 Å². The summed E-state index contributed by atoms with van der Waals surface area (Å²) < 4.78 is 5.88. The molecular formula is C16H20ClN3O2S. The second-order valence-corrected chi connectivity index (χ2v) is 6.77. The van der Waals surface area contributed by atoms with Crippen LogP contribution in [0, 0.1) is 0 Å². The molecule has 23 heavy (non-hydrogen) atoms. The molecule has 0 radical (unpaired) electrons. The van der Waals surface area contributed by atoms with Crippen molar-refractivity contribution in [3.63, 3.8) is 0 Å². The van der Waals surface area contributed by atoms with Gasteiger partial charge in [-0.15, -0.1) is 11.3 Å². The van der Waals surface area contributed by atoms with Gasteiger partial charge in [-0.05, 0) is 25.5 Å². The molecule has 2 heterocycles. The quantitative estimate of drug-likeness (QED) is 0.794. The number of rotatable bonds is 5. The molecule has 4 N–H and O–H groups in total. The van der Waals surface area contributed by atoms with Gasteiger partial charge in [0.15, 0.2) is 0 Å². The van der Waals surface area contributed by atoms with Crippen LogP contribution in [0.4, 0.5) is 0 Å². The van der Waals surface area contributed by atoms with Crippen LogP contribution < -0.4 is 11.5 Å². The van der Waals surface area contributed by atoms with Crippen LogP contribution in [0.15, 0.2) is 40.2 Å². The average molecular weight is 354 g/mol. The maximum Gasteiger partial charge on any atom is 0.336 e. The lowest BCUT2D eigenvalue weighted by atomic mass is 9.84. The van der Waals surface area contributed by atoms with E-state index in [1.165, 1.54) is 17.5 Å². The van der Waals surface area contributed by atoms with E-state index in [1.54, 1.807) is 13.0 Å². The minimum atomic E-state index is -0.393. The fourth-order valence-electron chi connectivity index (χ4n) is 2.57. The Morgan fingerprint density at radius 2 is 2.22 bits per heavy atom. The Balaban J connectivity index is 2.64. The number of amidine groups is 1. The molecule has 1 aliphatic rings. The topological polar surface area (TPSA) is 90.7 Å². The summed E-state index contributed by atoms with van der Waals surface area (Å²) in [5, 5.41) is 0. The molecule has 1 unspecified atom stereocenters. The molecule has 1 aromatic heterocycles. The number of nitrogens with zero attached hydrogens (tertiary/aromatic N) is 1. The highest BCUT2D eigenvalue weighted by Gasteiger charge is 2.35. The second-order valence-electron chi connectivity index (χ2n) is 5.02. The number of allylic oxidation sites excluding steroid dienone is 1. The van der Waals surface area contributed by atoms with Gasteiger partial charge in [0.1, 0.15) is 5.84 Å². The van der Waals surface area contributed by atoms with Gasteiger partial charge < -0.3 is 16.2 Å². The summed E-state index contributed by atoms with van der Waals surface area (Å²) in [6.45, 7) is 4.09. The first-order valence-electron chi connectivity index (χ1n) is 7.45. The standard InChI is InChI=1S/C16H20ClN3O2S/c1-3-5-10-14(16(21)22-4-2)13(9(8-18)15(19)20-10)11-6-7-12(17)23-11/h6-8,13H,3-5,18H2,1-2H3,(H2,19,20)/b9-8-. The number of hydrogen-bond acceptors (Lipinski definition) is 6. The van der Waals surface area contributed by atoms with E-state index in [4.69, 9.17) is 27.8 Å². The number of aliphatic imine (C=N–C) groups is 1. The van der Waals surface area contributed by atoms with Gasteiger partial charge in [-0.3, -0.25) is 0 Å². The number of nitrogens with two attached hydrogens (primary N) is 2. The monoisotopic (exact) mass is 353 g/mol. The van der Waals surface area contributed by atoms with E-state index in [9.17, 15) is 4.79 Å². The van der Waals surface area contributed by atoms with Gasteiger partial charge >= 0.3 is 5.97 Å². The lowest BCUT2D eigenvalue weighted by molar-refractivity contribution is -0.138. The number of thiophene rings is 1. The van der Waals surface area contributed by atoms with Crippen LogP contribution in [-0.4, -0.2) is 18.4 Å². The molecule has 0 aliphatic carbocycles. The van der Waals surface area contributed by atoms with Gasteiger partial charge in [0.2, 0.25) is 0 Å². The summed E-state index contributed by atoms with van der Waals surface area (Å²) in [5.41, 5.74) is 13.6. The molecule has 2 rings (SSSR count). The van der Waals surface area contributed by atoms with E-state index >= 15 is 0 Å². The van der Waals surface area contributed by atoms with Crippen LogP contribution in [0.2, 0.25) is 4.34 Å². The van der Waals surface area contributed by atoms with Crippen LogP contribution in [0.25, 0.3) is 0 Å². The minimum absolute atomic E-state index is 0.292. The van der Waals surface area contributed by atoms with Crippen molar-refractivity contribution in [2.45, 2.75) is 32.6 Å². The highest BCUT2D eigenvalue weighted by atomic mass is 35.5. The fourth-order valence-corrected chi connectivity index (χ4v) is 3.76. The number of carbonyl (C=O) groups excluding carboxylic acids is 1. The molecule has 0 bridgehead atoms. The van der Waals surface area contributed by atoms with E-state index in [1.807, 2.05) is 13.0 Å². The van der Waals surface area contributed by atoms with Crippen molar-refractivity contribution in [3.8, 4) is 0 Å². The van der Waals surface area contributed by atoms with Crippen molar-refractivity contribution in [2.24, 2.45) is 16.5 Å². The zero-order chi connectivity index (χ0) is 17.0. The van der Waals surface area contributed by atoms with Crippen LogP contribution >= 0.6 is 22.9 Å². The first-order valence-corrected chi connectivity index (χ1v) is 8.64. The Bertz CT molecular complexity index is 691. The zero-order valence-corrected chi connectivity index (χ0v) is 14.7. The molecule has 0 amide bonds. The largest absolute Gasteiger partial charge is 0.463 e. The third-order valence-electron chi connectivity index (χ3n) is 3.50. The van der Waals surface area contributed by atoms with Gasteiger partial charge in [0, 0.05) is 16.7 Å². The molecular weight excluding hydrogens is 334 g/mol. The van der Waals surface area contributed by atoms with E-state index < -0.39 is 5.92 Å². The first kappa shape index (κ1) is 17.6. The molecule has 7 heteroatoms. The summed E-state index contributed by atoms with van der Waals surface area (Å²) in [6, 6.07) is 3.67. The highest BCUT2D eigenvalue weighted by molar-refractivity contribution is 7.16. The average Bonchev–Trinajstić information content (AvgIpc) is 2.93. The summed E-state index contributed by atoms with van der Waals surface area (Å²) in [4.78, 5) is 17.8. The number of hydrogen-bond donors (Lipinski definition) is 2. The van der Waals surface area contributed by atoms with Gasteiger partial charge in [0.25, 0.3) is 0 Å². The first-order chi connectivity index (χ1) is 11.0. The molecule has 1 aromatic rings. The molecule has 0 saturated heterocycles. The Labute approximate surface area is 144 Å². The van der Waals surface area contributed by atoms with Gasteiger partial charge in [-0.25, -0.2) is 9.79 Å². The predicted octanol–water partition coefficient (Wildman–Crippen LogP) is 3.32. The van der Waals surface area contributed by atoms with Crippen LogP contribution in [0.5, 0.6) is 0 Å². The summed E-state index contributed by atoms with van der Waals surface area (Å²) >= 11 is 7.46. The van der Waals surface area contributed by atoms with Gasteiger partial charge in [-0.1, -0.05) is 24.9 Å². The third-order valence-corrected chi connectivity index (χ3v) is 4.80. The Kier molecular flexibility index (Phi) is 5.85. The van der Waals surface area contributed by atoms with Crippen molar-refractivity contribution in [3.05, 3.63) is 44.4 Å². The SMILES string of the molecule is CCCC1=C(C(=O)OCC)C(c2ccc(Cl)s2)/C(=C/N)C(N)=N1. The number of halogens is 1. The number of esters is 1. The second kappa shape index (κ2) is 7.66. The summed E-state index contributed by atoms with van der Waals surface area (Å²) in [7, 11) is 0. The van der Waals surface area contributed by atoms with Gasteiger partial charge in [0.05, 0.1) is 28.1 Å². The molecule has 0 aromatic carbocycles. The minimum Gasteiger partial charge on any atom is -0.463 e. The molecule has 1 atom stereocenters.